The standard InChI is InChI=1S/C24H28O8/c1-2-30-20(26)12-11-15-7-9-16(10-8-15)13-17-5-3-4-6-18(17)31-24-23(29)22(28)21(27)19(14-25)32-24/h3-12,19,21-25,27-29H,2,13-14H2,1H3/t19-,21-,22+,23-,24-/m1/s1. The van der Waals surface area contributed by atoms with Gasteiger partial charge >= 0.3 is 5.97 Å². The number of hydrogen-bond acceptors (Lipinski definition) is 8. The van der Waals surface area contributed by atoms with Crippen molar-refractivity contribution >= 4 is 12.0 Å². The summed E-state index contributed by atoms with van der Waals surface area (Å²) in [4.78, 5) is 11.4. The van der Waals surface area contributed by atoms with E-state index in [1.807, 2.05) is 36.4 Å². The highest BCUT2D eigenvalue weighted by Crippen LogP contribution is 2.28. The van der Waals surface area contributed by atoms with Gasteiger partial charge in [-0.25, -0.2) is 4.79 Å². The molecule has 4 N–H and O–H groups in total. The first-order valence-corrected chi connectivity index (χ1v) is 10.4. The minimum absolute atomic E-state index is 0.326. The molecule has 1 saturated heterocycles. The van der Waals surface area contributed by atoms with E-state index >= 15 is 0 Å². The monoisotopic (exact) mass is 444 g/mol. The molecule has 2 aromatic rings. The van der Waals surface area contributed by atoms with Gasteiger partial charge in [0, 0.05) is 12.5 Å². The lowest BCUT2D eigenvalue weighted by Gasteiger charge is -2.39. The summed E-state index contributed by atoms with van der Waals surface area (Å²) in [5.41, 5.74) is 2.66. The molecule has 3 rings (SSSR count). The summed E-state index contributed by atoms with van der Waals surface area (Å²) in [5, 5.41) is 39.5. The number of ether oxygens (including phenoxy) is 3. The van der Waals surface area contributed by atoms with Gasteiger partial charge in [0.15, 0.2) is 0 Å². The first-order chi connectivity index (χ1) is 15.4. The molecule has 1 fully saturated rings. The number of carbonyl (C=O) groups is 1. The summed E-state index contributed by atoms with van der Waals surface area (Å²) >= 11 is 0. The largest absolute Gasteiger partial charge is 0.463 e. The van der Waals surface area contributed by atoms with Crippen LogP contribution in [0.15, 0.2) is 54.6 Å². The van der Waals surface area contributed by atoms with E-state index in [1.54, 1.807) is 25.1 Å². The minimum Gasteiger partial charge on any atom is -0.463 e. The maximum atomic E-state index is 11.4. The third-order valence-electron chi connectivity index (χ3n) is 5.14. The third-order valence-corrected chi connectivity index (χ3v) is 5.14. The van der Waals surface area contributed by atoms with Crippen LogP contribution in [0.5, 0.6) is 5.75 Å². The summed E-state index contributed by atoms with van der Waals surface area (Å²) in [7, 11) is 0. The van der Waals surface area contributed by atoms with Crippen LogP contribution in [-0.2, 0) is 20.7 Å². The molecule has 1 aliphatic heterocycles. The van der Waals surface area contributed by atoms with Crippen LogP contribution in [0.3, 0.4) is 0 Å². The molecule has 0 amide bonds. The first-order valence-electron chi connectivity index (χ1n) is 10.4. The normalized spacial score (nSPS) is 25.6. The fraction of sp³-hybridized carbons (Fsp3) is 0.375. The number of para-hydroxylation sites is 1. The van der Waals surface area contributed by atoms with Gasteiger partial charge in [0.2, 0.25) is 6.29 Å². The maximum Gasteiger partial charge on any atom is 0.330 e. The van der Waals surface area contributed by atoms with Crippen molar-refractivity contribution in [2.24, 2.45) is 0 Å². The highest BCUT2D eigenvalue weighted by Gasteiger charge is 2.44. The Kier molecular flexibility index (Phi) is 8.38. The number of aliphatic hydroxyl groups excluding tert-OH is 4. The summed E-state index contributed by atoms with van der Waals surface area (Å²) < 4.78 is 16.1. The lowest BCUT2D eigenvalue weighted by Crippen LogP contribution is -2.60. The molecule has 1 heterocycles. The Labute approximate surface area is 186 Å². The molecule has 8 heteroatoms. The lowest BCUT2D eigenvalue weighted by molar-refractivity contribution is -0.277. The zero-order valence-corrected chi connectivity index (χ0v) is 17.7. The molecular weight excluding hydrogens is 416 g/mol. The predicted octanol–water partition coefficient (Wildman–Crippen LogP) is 1.03. The molecule has 0 aliphatic carbocycles. The molecular formula is C24H28O8. The Morgan fingerprint density at radius 2 is 1.75 bits per heavy atom. The Hall–Kier alpha value is -2.75. The summed E-state index contributed by atoms with van der Waals surface area (Å²) in [6.07, 6.45) is -3.14. The van der Waals surface area contributed by atoms with Crippen LogP contribution in [-0.4, -0.2) is 70.3 Å². The van der Waals surface area contributed by atoms with Gasteiger partial charge in [0.25, 0.3) is 0 Å². The molecule has 5 atom stereocenters. The van der Waals surface area contributed by atoms with Gasteiger partial charge in [-0.3, -0.25) is 0 Å². The molecule has 0 unspecified atom stereocenters. The van der Waals surface area contributed by atoms with Crippen LogP contribution in [0, 0.1) is 0 Å². The second-order valence-electron chi connectivity index (χ2n) is 7.43. The molecule has 172 valence electrons. The second-order valence-corrected chi connectivity index (χ2v) is 7.43. The fourth-order valence-electron chi connectivity index (χ4n) is 3.38. The number of carbonyl (C=O) groups excluding carboxylic acids is 1. The minimum atomic E-state index is -1.51. The number of rotatable bonds is 8. The van der Waals surface area contributed by atoms with E-state index in [1.165, 1.54) is 6.08 Å². The van der Waals surface area contributed by atoms with Crippen molar-refractivity contribution in [2.75, 3.05) is 13.2 Å². The Morgan fingerprint density at radius 1 is 1.03 bits per heavy atom. The zero-order valence-electron chi connectivity index (χ0n) is 17.7. The Balaban J connectivity index is 1.70. The summed E-state index contributed by atoms with van der Waals surface area (Å²) in [6.45, 7) is 1.55. The predicted molar refractivity (Wildman–Crippen MR) is 116 cm³/mol. The SMILES string of the molecule is CCOC(=O)C=Cc1ccc(Cc2ccccc2O[C@@H]2O[C@H](CO)[C@@H](O)[C@H](O)[C@H]2O)cc1. The van der Waals surface area contributed by atoms with Gasteiger partial charge in [-0.15, -0.1) is 0 Å². The molecule has 1 aliphatic rings. The number of benzene rings is 2. The molecule has 2 aromatic carbocycles. The Morgan fingerprint density at radius 3 is 2.44 bits per heavy atom. The highest BCUT2D eigenvalue weighted by molar-refractivity contribution is 5.87. The third kappa shape index (κ3) is 5.93. The molecule has 32 heavy (non-hydrogen) atoms. The van der Waals surface area contributed by atoms with Crippen LogP contribution in [0.25, 0.3) is 6.08 Å². The van der Waals surface area contributed by atoms with E-state index in [0.717, 1.165) is 16.7 Å². The van der Waals surface area contributed by atoms with Crippen LogP contribution in [0.1, 0.15) is 23.6 Å². The number of aliphatic hydroxyl groups is 4. The molecule has 8 nitrogen and oxygen atoms in total. The van der Waals surface area contributed by atoms with Crippen molar-refractivity contribution in [1.29, 1.82) is 0 Å². The van der Waals surface area contributed by atoms with Gasteiger partial charge in [-0.1, -0.05) is 42.5 Å². The van der Waals surface area contributed by atoms with Crippen LogP contribution in [0.2, 0.25) is 0 Å². The second kappa shape index (κ2) is 11.2. The van der Waals surface area contributed by atoms with Gasteiger partial charge in [-0.05, 0) is 35.8 Å². The molecule has 0 spiro atoms. The summed E-state index contributed by atoms with van der Waals surface area (Å²) in [6, 6.07) is 14.8. The topological polar surface area (TPSA) is 126 Å². The van der Waals surface area contributed by atoms with E-state index in [0.29, 0.717) is 18.8 Å². The van der Waals surface area contributed by atoms with E-state index < -0.39 is 43.3 Å². The van der Waals surface area contributed by atoms with E-state index in [9.17, 15) is 25.2 Å². The maximum absolute atomic E-state index is 11.4. The number of hydrogen-bond donors (Lipinski definition) is 4. The lowest BCUT2D eigenvalue weighted by atomic mass is 9.99. The molecule has 0 bridgehead atoms. The van der Waals surface area contributed by atoms with Crippen LogP contribution in [0.4, 0.5) is 0 Å². The van der Waals surface area contributed by atoms with E-state index in [4.69, 9.17) is 14.2 Å². The van der Waals surface area contributed by atoms with Crippen molar-refractivity contribution in [1.82, 2.24) is 0 Å². The van der Waals surface area contributed by atoms with Crippen molar-refractivity contribution in [3.63, 3.8) is 0 Å². The van der Waals surface area contributed by atoms with Crippen LogP contribution < -0.4 is 4.74 Å². The van der Waals surface area contributed by atoms with Gasteiger partial charge in [0.1, 0.15) is 30.2 Å². The van der Waals surface area contributed by atoms with Crippen molar-refractivity contribution in [3.8, 4) is 5.75 Å². The van der Waals surface area contributed by atoms with Gasteiger partial charge in [-0.2, -0.15) is 0 Å². The van der Waals surface area contributed by atoms with Gasteiger partial charge < -0.3 is 34.6 Å². The smallest absolute Gasteiger partial charge is 0.330 e. The molecule has 0 saturated carbocycles. The number of esters is 1. The van der Waals surface area contributed by atoms with Crippen molar-refractivity contribution in [3.05, 3.63) is 71.3 Å². The molecule has 0 aromatic heterocycles. The Bertz CT molecular complexity index is 908. The fourth-order valence-corrected chi connectivity index (χ4v) is 3.38. The van der Waals surface area contributed by atoms with E-state index in [-0.39, 0.29) is 0 Å². The van der Waals surface area contributed by atoms with Gasteiger partial charge in [0.05, 0.1) is 13.2 Å². The van der Waals surface area contributed by atoms with Crippen molar-refractivity contribution in [2.45, 2.75) is 44.1 Å². The van der Waals surface area contributed by atoms with E-state index in [2.05, 4.69) is 0 Å². The molecule has 0 radical (unpaired) electrons. The van der Waals surface area contributed by atoms with Crippen molar-refractivity contribution < 1.29 is 39.4 Å². The quantitative estimate of drug-likeness (QED) is 0.351. The summed E-state index contributed by atoms with van der Waals surface area (Å²) in [5.74, 6) is 0.0546. The average Bonchev–Trinajstić information content (AvgIpc) is 2.80. The highest BCUT2D eigenvalue weighted by atomic mass is 16.7. The average molecular weight is 444 g/mol. The first kappa shape index (κ1) is 23.9. The van der Waals surface area contributed by atoms with Crippen LogP contribution >= 0.6 is 0 Å². The zero-order chi connectivity index (χ0) is 23.1.